The summed E-state index contributed by atoms with van der Waals surface area (Å²) in [6, 6.07) is 22.3. The normalized spacial score (nSPS) is 13.3. The summed E-state index contributed by atoms with van der Waals surface area (Å²) in [7, 11) is 1.67. The molecule has 0 amide bonds. The second-order valence-corrected chi connectivity index (χ2v) is 6.53. The third kappa shape index (κ3) is 3.21. The van der Waals surface area contributed by atoms with Crippen LogP contribution >= 0.6 is 11.8 Å². The molecule has 0 aliphatic carbocycles. The summed E-state index contributed by atoms with van der Waals surface area (Å²) < 4.78 is 5.27. The van der Waals surface area contributed by atoms with E-state index < -0.39 is 0 Å². The van der Waals surface area contributed by atoms with Gasteiger partial charge in [-0.2, -0.15) is 0 Å². The molecule has 3 aromatic rings. The Morgan fingerprint density at radius 3 is 2.40 bits per heavy atom. The average Bonchev–Trinajstić information content (AvgIpc) is 2.88. The molecule has 0 fully saturated rings. The van der Waals surface area contributed by atoms with E-state index >= 15 is 0 Å². The number of fused-ring (bicyclic) bond motifs is 1. The van der Waals surface area contributed by atoms with Gasteiger partial charge in [-0.1, -0.05) is 42.1 Å². The van der Waals surface area contributed by atoms with Crippen molar-refractivity contribution in [3.63, 3.8) is 0 Å². The summed E-state index contributed by atoms with van der Waals surface area (Å²) in [5.41, 5.74) is 4.16. The molecule has 0 bridgehead atoms. The molecule has 0 saturated heterocycles. The molecule has 25 heavy (non-hydrogen) atoms. The van der Waals surface area contributed by atoms with Crippen LogP contribution in [-0.2, 0) is 0 Å². The predicted octanol–water partition coefficient (Wildman–Crippen LogP) is 5.14. The molecular formula is C21H16N2OS. The lowest BCUT2D eigenvalue weighted by Crippen LogP contribution is -1.89. The number of rotatable bonds is 3. The van der Waals surface area contributed by atoms with Gasteiger partial charge in [-0.25, -0.2) is 4.98 Å². The number of hydrogen-bond donors (Lipinski definition) is 0. The Morgan fingerprint density at radius 1 is 0.840 bits per heavy atom. The van der Waals surface area contributed by atoms with Crippen molar-refractivity contribution in [1.82, 2.24) is 4.98 Å². The van der Waals surface area contributed by atoms with Crippen molar-refractivity contribution in [2.24, 2.45) is 4.99 Å². The number of thioether (sulfide) groups is 1. The van der Waals surface area contributed by atoms with Gasteiger partial charge in [0.2, 0.25) is 0 Å². The van der Waals surface area contributed by atoms with E-state index in [0.717, 1.165) is 38.1 Å². The zero-order valence-electron chi connectivity index (χ0n) is 13.7. The smallest absolute Gasteiger partial charge is 0.118 e. The summed E-state index contributed by atoms with van der Waals surface area (Å²) in [5.74, 6) is 0.834. The number of nitrogens with zero attached hydrogens (tertiary/aromatic N) is 2. The molecule has 0 saturated carbocycles. The molecule has 0 N–H and O–H groups in total. The molecule has 1 aliphatic heterocycles. The summed E-state index contributed by atoms with van der Waals surface area (Å²) in [5, 5.41) is 0.966. The van der Waals surface area contributed by atoms with E-state index in [4.69, 9.17) is 9.73 Å². The lowest BCUT2D eigenvalue weighted by atomic mass is 10.1. The maximum atomic E-state index is 5.27. The fraction of sp³-hybridized carbons (Fsp3) is 0.0476. The molecule has 1 aromatic heterocycles. The van der Waals surface area contributed by atoms with Crippen LogP contribution in [0, 0.1) is 0 Å². The van der Waals surface area contributed by atoms with E-state index in [0.29, 0.717) is 0 Å². The van der Waals surface area contributed by atoms with Crippen molar-refractivity contribution in [3.05, 3.63) is 89.6 Å². The summed E-state index contributed by atoms with van der Waals surface area (Å²) in [4.78, 5) is 10.4. The second-order valence-electron chi connectivity index (χ2n) is 5.53. The van der Waals surface area contributed by atoms with Crippen molar-refractivity contribution in [2.75, 3.05) is 7.11 Å². The monoisotopic (exact) mass is 344 g/mol. The van der Waals surface area contributed by atoms with Crippen LogP contribution in [0.1, 0.15) is 16.7 Å². The maximum Gasteiger partial charge on any atom is 0.118 e. The fourth-order valence-corrected chi connectivity index (χ4v) is 3.73. The Bertz CT molecular complexity index is 947. The molecule has 0 spiro atoms. The van der Waals surface area contributed by atoms with Gasteiger partial charge in [-0.3, -0.25) is 4.99 Å². The Labute approximate surface area is 151 Å². The van der Waals surface area contributed by atoms with Crippen molar-refractivity contribution in [2.45, 2.75) is 5.03 Å². The first kappa shape index (κ1) is 15.7. The second kappa shape index (κ2) is 6.95. The van der Waals surface area contributed by atoms with Crippen LogP contribution < -0.4 is 4.74 Å². The van der Waals surface area contributed by atoms with E-state index in [-0.39, 0.29) is 0 Å². The Morgan fingerprint density at radius 2 is 1.64 bits per heavy atom. The first-order valence-electron chi connectivity index (χ1n) is 7.96. The van der Waals surface area contributed by atoms with Gasteiger partial charge in [0.1, 0.15) is 10.8 Å². The van der Waals surface area contributed by atoms with Gasteiger partial charge in [0.25, 0.3) is 0 Å². The SMILES string of the molecule is COc1ccc(C2=C(c3ccccc3)Sc3ncccc3C=N2)cc1. The molecule has 0 atom stereocenters. The first-order valence-corrected chi connectivity index (χ1v) is 8.78. The van der Waals surface area contributed by atoms with E-state index in [1.165, 1.54) is 0 Å². The molecule has 4 heteroatoms. The van der Waals surface area contributed by atoms with Crippen LogP contribution in [0.5, 0.6) is 5.75 Å². The maximum absolute atomic E-state index is 5.27. The fourth-order valence-electron chi connectivity index (χ4n) is 2.66. The highest BCUT2D eigenvalue weighted by Gasteiger charge is 2.18. The van der Waals surface area contributed by atoms with Crippen LogP contribution in [0.3, 0.4) is 0 Å². The standard InChI is InChI=1S/C21H16N2OS/c1-24-18-11-9-15(10-12-18)19-20(16-6-3-2-4-7-16)25-21-17(14-23-19)8-5-13-22-21/h2-14H,1H3. The quantitative estimate of drug-likeness (QED) is 0.660. The van der Waals surface area contributed by atoms with Gasteiger partial charge in [0.15, 0.2) is 0 Å². The minimum absolute atomic E-state index is 0.834. The van der Waals surface area contributed by atoms with E-state index in [9.17, 15) is 0 Å². The summed E-state index contributed by atoms with van der Waals surface area (Å²) >= 11 is 1.66. The molecule has 2 aromatic carbocycles. The van der Waals surface area contributed by atoms with E-state index in [2.05, 4.69) is 17.1 Å². The number of ether oxygens (including phenoxy) is 1. The van der Waals surface area contributed by atoms with Gasteiger partial charge in [0, 0.05) is 28.4 Å². The Balaban J connectivity index is 1.89. The number of hydrogen-bond acceptors (Lipinski definition) is 4. The zero-order valence-corrected chi connectivity index (χ0v) is 14.5. The predicted molar refractivity (Wildman–Crippen MR) is 104 cm³/mol. The highest BCUT2D eigenvalue weighted by atomic mass is 32.2. The number of methoxy groups -OCH3 is 1. The van der Waals surface area contributed by atoms with Crippen molar-refractivity contribution >= 4 is 28.6 Å². The van der Waals surface area contributed by atoms with Gasteiger partial charge in [-0.05, 0) is 42.0 Å². The Hall–Kier alpha value is -2.85. The number of benzene rings is 2. The van der Waals surface area contributed by atoms with Gasteiger partial charge >= 0.3 is 0 Å². The molecule has 0 radical (unpaired) electrons. The third-order valence-corrected chi connectivity index (χ3v) is 5.11. The largest absolute Gasteiger partial charge is 0.497 e. The van der Waals surface area contributed by atoms with Crippen LogP contribution in [0.15, 0.2) is 82.9 Å². The van der Waals surface area contributed by atoms with Crippen LogP contribution in [0.4, 0.5) is 0 Å². The topological polar surface area (TPSA) is 34.5 Å². The lowest BCUT2D eigenvalue weighted by molar-refractivity contribution is 0.415. The minimum Gasteiger partial charge on any atom is -0.497 e. The molecular weight excluding hydrogens is 328 g/mol. The number of aliphatic imine (C=N–C) groups is 1. The number of pyridine rings is 1. The van der Waals surface area contributed by atoms with E-state index in [1.54, 1.807) is 18.9 Å². The minimum atomic E-state index is 0.834. The van der Waals surface area contributed by atoms with Crippen LogP contribution in [0.2, 0.25) is 0 Å². The lowest BCUT2D eigenvalue weighted by Gasteiger charge is -2.11. The van der Waals surface area contributed by atoms with Crippen molar-refractivity contribution in [1.29, 1.82) is 0 Å². The third-order valence-electron chi connectivity index (χ3n) is 3.95. The molecule has 122 valence electrons. The zero-order chi connectivity index (χ0) is 17.1. The summed E-state index contributed by atoms with van der Waals surface area (Å²) in [6.07, 6.45) is 3.71. The number of aromatic nitrogens is 1. The first-order chi connectivity index (χ1) is 12.3. The molecule has 2 heterocycles. The molecule has 4 rings (SSSR count). The molecule has 3 nitrogen and oxygen atoms in total. The molecule has 0 unspecified atom stereocenters. The van der Waals surface area contributed by atoms with Crippen molar-refractivity contribution < 1.29 is 4.74 Å². The Kier molecular flexibility index (Phi) is 4.36. The van der Waals surface area contributed by atoms with Crippen LogP contribution in [0.25, 0.3) is 10.6 Å². The highest BCUT2D eigenvalue weighted by molar-refractivity contribution is 8.08. The van der Waals surface area contributed by atoms with Gasteiger partial charge in [-0.15, -0.1) is 0 Å². The average molecular weight is 344 g/mol. The molecule has 1 aliphatic rings. The van der Waals surface area contributed by atoms with Gasteiger partial charge < -0.3 is 4.74 Å². The van der Waals surface area contributed by atoms with E-state index in [1.807, 2.05) is 67.0 Å². The van der Waals surface area contributed by atoms with Crippen LogP contribution in [-0.4, -0.2) is 18.3 Å². The van der Waals surface area contributed by atoms with Gasteiger partial charge in [0.05, 0.1) is 12.8 Å². The summed E-state index contributed by atoms with van der Waals surface area (Å²) in [6.45, 7) is 0. The highest BCUT2D eigenvalue weighted by Crippen LogP contribution is 2.42. The van der Waals surface area contributed by atoms with Crippen molar-refractivity contribution in [3.8, 4) is 5.75 Å².